The maximum Gasteiger partial charge on any atom is 0.323 e. The van der Waals surface area contributed by atoms with Crippen LogP contribution in [0.2, 0.25) is 0 Å². The van der Waals surface area contributed by atoms with Gasteiger partial charge < -0.3 is 14.6 Å². The van der Waals surface area contributed by atoms with Crippen molar-refractivity contribution in [1.82, 2.24) is 4.90 Å². The lowest BCUT2D eigenvalue weighted by atomic mass is 10.0. The molecule has 0 saturated heterocycles. The van der Waals surface area contributed by atoms with E-state index in [1.807, 2.05) is 54.6 Å². The monoisotopic (exact) mass is 649 g/mol. The molecule has 1 fully saturated rings. The van der Waals surface area contributed by atoms with Gasteiger partial charge in [-0.3, -0.25) is 14.5 Å². The van der Waals surface area contributed by atoms with Crippen LogP contribution in [0.1, 0.15) is 67.9 Å². The van der Waals surface area contributed by atoms with Gasteiger partial charge in [0.15, 0.2) is 0 Å². The highest BCUT2D eigenvalue weighted by atomic mass is 32.1. The van der Waals surface area contributed by atoms with Gasteiger partial charge in [-0.1, -0.05) is 80.7 Å². The molecule has 9 heteroatoms. The number of thiocarbonyl (C=S) groups is 1. The largest absolute Gasteiger partial charge is 0.483 e. The molecule has 0 heterocycles. The number of benzene rings is 3. The molecule has 1 aliphatic carbocycles. The Morgan fingerprint density at radius 1 is 1.09 bits per heavy atom. The van der Waals surface area contributed by atoms with Gasteiger partial charge in [-0.2, -0.15) is 0 Å². The fourth-order valence-electron chi connectivity index (χ4n) is 5.32. The normalized spacial score (nSPS) is 16.7. The third-order valence-electron chi connectivity index (χ3n) is 7.73. The number of halogens is 1. The first-order chi connectivity index (χ1) is 21.5. The van der Waals surface area contributed by atoms with E-state index in [1.54, 1.807) is 13.0 Å². The first-order valence-corrected chi connectivity index (χ1v) is 16.0. The highest BCUT2D eigenvalue weighted by Gasteiger charge is 2.39. The molecule has 238 valence electrons. The summed E-state index contributed by atoms with van der Waals surface area (Å²) in [6, 6.07) is 22.6. The lowest BCUT2D eigenvalue weighted by molar-refractivity contribution is -0.140. The molecule has 3 aromatic carbocycles. The SMILES string of the molecule is C/C(=C\c1ccc(C2CC2CCc2ccc(F)cc2)c(OC(COCC(C)C)c2ccccc2)c1)C(=O)N(CC(=O)O)C(=S)S. The fraction of sp³-hybridized carbons (Fsp3) is 0.361. The summed E-state index contributed by atoms with van der Waals surface area (Å²) in [4.78, 5) is 25.3. The summed E-state index contributed by atoms with van der Waals surface area (Å²) in [6.07, 6.45) is 4.22. The van der Waals surface area contributed by atoms with Crippen LogP contribution in [0.4, 0.5) is 4.39 Å². The maximum absolute atomic E-state index is 13.4. The summed E-state index contributed by atoms with van der Waals surface area (Å²) in [7, 11) is 0. The van der Waals surface area contributed by atoms with Gasteiger partial charge in [0.1, 0.15) is 28.5 Å². The van der Waals surface area contributed by atoms with Crippen molar-refractivity contribution < 1.29 is 28.6 Å². The number of ether oxygens (including phenoxy) is 2. The van der Waals surface area contributed by atoms with Crippen LogP contribution in [0.15, 0.2) is 78.4 Å². The minimum atomic E-state index is -1.18. The van der Waals surface area contributed by atoms with E-state index in [2.05, 4.69) is 32.5 Å². The molecule has 0 bridgehead atoms. The molecule has 0 aromatic heterocycles. The Morgan fingerprint density at radius 2 is 1.80 bits per heavy atom. The van der Waals surface area contributed by atoms with Crippen LogP contribution >= 0.6 is 24.8 Å². The van der Waals surface area contributed by atoms with Gasteiger partial charge in [-0.15, -0.1) is 12.6 Å². The van der Waals surface area contributed by atoms with E-state index in [-0.39, 0.29) is 16.2 Å². The second-order valence-corrected chi connectivity index (χ2v) is 13.0. The Bertz CT molecular complexity index is 1510. The van der Waals surface area contributed by atoms with Gasteiger partial charge in [0.05, 0.1) is 6.61 Å². The van der Waals surface area contributed by atoms with E-state index in [0.29, 0.717) is 42.3 Å². The van der Waals surface area contributed by atoms with Crippen LogP contribution in [0.25, 0.3) is 6.08 Å². The Hall–Kier alpha value is -3.53. The number of carboxylic acids is 1. The number of hydrogen-bond donors (Lipinski definition) is 2. The molecule has 3 unspecified atom stereocenters. The fourth-order valence-corrected chi connectivity index (χ4v) is 5.62. The molecular weight excluding hydrogens is 610 g/mol. The number of rotatable bonds is 15. The Kier molecular flexibility index (Phi) is 12.3. The summed E-state index contributed by atoms with van der Waals surface area (Å²) < 4.78 is 26.1. The molecule has 3 aromatic rings. The molecule has 1 saturated carbocycles. The molecule has 1 N–H and O–H groups in total. The lowest BCUT2D eigenvalue weighted by Crippen LogP contribution is -2.37. The molecule has 3 atom stereocenters. The van der Waals surface area contributed by atoms with Crippen LogP contribution in [0.5, 0.6) is 5.75 Å². The van der Waals surface area contributed by atoms with Crippen LogP contribution in [-0.2, 0) is 20.7 Å². The van der Waals surface area contributed by atoms with E-state index in [4.69, 9.17) is 21.7 Å². The van der Waals surface area contributed by atoms with Crippen LogP contribution in [0, 0.1) is 17.7 Å². The Balaban J connectivity index is 1.62. The molecule has 4 rings (SSSR count). The zero-order valence-corrected chi connectivity index (χ0v) is 27.5. The number of thiol groups is 1. The van der Waals surface area contributed by atoms with Crippen molar-refractivity contribution in [2.45, 2.75) is 52.1 Å². The van der Waals surface area contributed by atoms with Gasteiger partial charge >= 0.3 is 5.97 Å². The van der Waals surface area contributed by atoms with Crippen molar-refractivity contribution in [3.05, 3.63) is 106 Å². The molecule has 0 radical (unpaired) electrons. The van der Waals surface area contributed by atoms with Crippen LogP contribution < -0.4 is 4.74 Å². The molecular formula is C36H40FNO5S2. The number of aliphatic carboxylic acids is 1. The highest BCUT2D eigenvalue weighted by Crippen LogP contribution is 2.53. The van der Waals surface area contributed by atoms with Gasteiger partial charge in [0.2, 0.25) is 0 Å². The minimum Gasteiger partial charge on any atom is -0.483 e. The molecule has 45 heavy (non-hydrogen) atoms. The zero-order valence-electron chi connectivity index (χ0n) is 25.8. The third kappa shape index (κ3) is 10.2. The summed E-state index contributed by atoms with van der Waals surface area (Å²) in [5.41, 5.74) is 4.25. The van der Waals surface area contributed by atoms with Gasteiger partial charge in [0.25, 0.3) is 5.91 Å². The van der Waals surface area contributed by atoms with Gasteiger partial charge in [0, 0.05) is 12.2 Å². The number of hydrogen-bond acceptors (Lipinski definition) is 5. The number of amides is 1. The standard InChI is InChI=1S/C36H40FNO5S2/c1-23(2)21-42-22-33(27-7-5-4-6-8-27)43-32-18-26(17-24(3)35(41)38(36(44)45)20-34(39)40)12-16-30(32)31-19-28(31)13-9-25-10-14-29(37)15-11-25/h4-8,10-12,14-18,23,28,31,33H,9,13,19-22H2,1-3H3,(H,39,40)(H,44,45)/b24-17+. The molecule has 1 aliphatic rings. The highest BCUT2D eigenvalue weighted by molar-refractivity contribution is 8.11. The van der Waals surface area contributed by atoms with Crippen molar-refractivity contribution in [3.63, 3.8) is 0 Å². The average molecular weight is 650 g/mol. The molecule has 0 aliphatic heterocycles. The van der Waals surface area contributed by atoms with Gasteiger partial charge in [-0.05, 0) is 90.5 Å². The Labute approximate surface area is 275 Å². The molecule has 0 spiro atoms. The van der Waals surface area contributed by atoms with E-state index in [1.165, 1.54) is 12.1 Å². The van der Waals surface area contributed by atoms with Crippen molar-refractivity contribution in [3.8, 4) is 5.75 Å². The first-order valence-electron chi connectivity index (χ1n) is 15.1. The van der Waals surface area contributed by atoms with Gasteiger partial charge in [-0.25, -0.2) is 4.39 Å². The van der Waals surface area contributed by atoms with Crippen molar-refractivity contribution in [2.75, 3.05) is 19.8 Å². The zero-order chi connectivity index (χ0) is 32.5. The molecule has 6 nitrogen and oxygen atoms in total. The van der Waals surface area contributed by atoms with E-state index in [9.17, 15) is 19.1 Å². The number of nitrogens with zero attached hydrogens (tertiary/aromatic N) is 1. The Morgan fingerprint density at radius 3 is 2.44 bits per heavy atom. The third-order valence-corrected chi connectivity index (χ3v) is 8.19. The lowest BCUT2D eigenvalue weighted by Gasteiger charge is -2.23. The average Bonchev–Trinajstić information content (AvgIpc) is 3.78. The number of aryl methyl sites for hydroxylation is 1. The number of carbonyl (C=O) groups excluding carboxylic acids is 1. The summed E-state index contributed by atoms with van der Waals surface area (Å²) >= 11 is 9.06. The summed E-state index contributed by atoms with van der Waals surface area (Å²) in [6.45, 7) is 6.24. The van der Waals surface area contributed by atoms with Crippen molar-refractivity contribution >= 4 is 47.1 Å². The minimum absolute atomic E-state index is 0.109. The predicted octanol–water partition coefficient (Wildman–Crippen LogP) is 7.89. The summed E-state index contributed by atoms with van der Waals surface area (Å²) in [5, 5.41) is 9.23. The van der Waals surface area contributed by atoms with Crippen molar-refractivity contribution in [1.29, 1.82) is 0 Å². The quantitative estimate of drug-likeness (QED) is 0.0991. The van der Waals surface area contributed by atoms with E-state index >= 15 is 0 Å². The number of carbonyl (C=O) groups is 2. The second kappa shape index (κ2) is 16.2. The second-order valence-electron chi connectivity index (χ2n) is 11.9. The first kappa shape index (κ1) is 34.3. The molecule has 1 amide bonds. The van der Waals surface area contributed by atoms with Crippen LogP contribution in [-0.4, -0.2) is 46.0 Å². The van der Waals surface area contributed by atoms with Crippen molar-refractivity contribution in [2.24, 2.45) is 11.8 Å². The van der Waals surface area contributed by atoms with E-state index < -0.39 is 18.4 Å². The van der Waals surface area contributed by atoms with E-state index in [0.717, 1.165) is 46.4 Å². The van der Waals surface area contributed by atoms with Crippen LogP contribution in [0.3, 0.4) is 0 Å². The predicted molar refractivity (Wildman–Crippen MR) is 182 cm³/mol. The summed E-state index contributed by atoms with van der Waals surface area (Å²) in [5.74, 6) is -0.0761. The smallest absolute Gasteiger partial charge is 0.323 e. The number of carboxylic acid groups (broad SMARTS) is 1. The maximum atomic E-state index is 13.4. The topological polar surface area (TPSA) is 76.1 Å².